The summed E-state index contributed by atoms with van der Waals surface area (Å²) in [6.07, 6.45) is 3.78. The standard InChI is InChI=1S/C15H19N3O2S/c1-12(14-2-4-15(16)5-3-14)18-21(19,20)11-8-13-6-9-17-10-7-13/h2-7,9-10,12,18H,8,11,16H2,1H3. The van der Waals surface area contributed by atoms with Crippen LogP contribution in [0.15, 0.2) is 48.8 Å². The summed E-state index contributed by atoms with van der Waals surface area (Å²) in [7, 11) is -3.34. The Morgan fingerprint density at radius 2 is 1.76 bits per heavy atom. The number of sulfonamides is 1. The lowest BCUT2D eigenvalue weighted by Crippen LogP contribution is -2.29. The Morgan fingerprint density at radius 3 is 2.38 bits per heavy atom. The zero-order valence-electron chi connectivity index (χ0n) is 11.9. The van der Waals surface area contributed by atoms with Gasteiger partial charge in [-0.2, -0.15) is 0 Å². The van der Waals surface area contributed by atoms with Crippen LogP contribution in [0.25, 0.3) is 0 Å². The van der Waals surface area contributed by atoms with Crippen molar-refractivity contribution in [1.82, 2.24) is 9.71 Å². The molecule has 0 saturated heterocycles. The summed E-state index contributed by atoms with van der Waals surface area (Å²) in [5, 5.41) is 0. The number of hydrogen-bond acceptors (Lipinski definition) is 4. The van der Waals surface area contributed by atoms with Crippen LogP contribution in [0.3, 0.4) is 0 Å². The molecule has 1 unspecified atom stereocenters. The fraction of sp³-hybridized carbons (Fsp3) is 0.267. The summed E-state index contributed by atoms with van der Waals surface area (Å²) < 4.78 is 26.9. The van der Waals surface area contributed by atoms with Gasteiger partial charge in [-0.3, -0.25) is 4.98 Å². The Morgan fingerprint density at radius 1 is 1.14 bits per heavy atom. The molecule has 112 valence electrons. The fourth-order valence-corrected chi connectivity index (χ4v) is 3.28. The van der Waals surface area contributed by atoms with Gasteiger partial charge >= 0.3 is 0 Å². The van der Waals surface area contributed by atoms with Crippen molar-refractivity contribution in [2.24, 2.45) is 0 Å². The first-order valence-corrected chi connectivity index (χ1v) is 8.36. The maximum Gasteiger partial charge on any atom is 0.212 e. The van der Waals surface area contributed by atoms with Gasteiger partial charge in [0.1, 0.15) is 0 Å². The summed E-state index contributed by atoms with van der Waals surface area (Å²) in [6, 6.07) is 10.5. The summed E-state index contributed by atoms with van der Waals surface area (Å²) in [6.45, 7) is 1.81. The van der Waals surface area contributed by atoms with Gasteiger partial charge in [0, 0.05) is 24.1 Å². The van der Waals surface area contributed by atoms with E-state index >= 15 is 0 Å². The number of pyridine rings is 1. The van der Waals surface area contributed by atoms with E-state index in [1.807, 2.05) is 31.2 Å². The highest BCUT2D eigenvalue weighted by Gasteiger charge is 2.15. The number of aryl methyl sites for hydroxylation is 1. The predicted octanol–water partition coefficient (Wildman–Crippen LogP) is 1.89. The van der Waals surface area contributed by atoms with Crippen LogP contribution < -0.4 is 10.5 Å². The highest BCUT2D eigenvalue weighted by atomic mass is 32.2. The second-order valence-corrected chi connectivity index (χ2v) is 6.80. The lowest BCUT2D eigenvalue weighted by molar-refractivity contribution is 0.566. The van der Waals surface area contributed by atoms with Gasteiger partial charge in [-0.1, -0.05) is 12.1 Å². The molecule has 0 radical (unpaired) electrons. The minimum atomic E-state index is -3.34. The van der Waals surface area contributed by atoms with Crippen LogP contribution in [0.4, 0.5) is 5.69 Å². The maximum absolute atomic E-state index is 12.1. The fourth-order valence-electron chi connectivity index (χ4n) is 1.98. The molecular formula is C15H19N3O2S. The van der Waals surface area contributed by atoms with E-state index in [4.69, 9.17) is 5.73 Å². The molecule has 21 heavy (non-hydrogen) atoms. The third-order valence-electron chi connectivity index (χ3n) is 3.20. The van der Waals surface area contributed by atoms with Crippen LogP contribution in [0, 0.1) is 0 Å². The molecule has 0 aliphatic carbocycles. The molecule has 0 bridgehead atoms. The highest BCUT2D eigenvalue weighted by molar-refractivity contribution is 7.89. The number of aromatic nitrogens is 1. The van der Waals surface area contributed by atoms with Crippen molar-refractivity contribution in [3.05, 3.63) is 59.9 Å². The maximum atomic E-state index is 12.1. The summed E-state index contributed by atoms with van der Waals surface area (Å²) in [5.41, 5.74) is 8.12. The number of benzene rings is 1. The summed E-state index contributed by atoms with van der Waals surface area (Å²) in [4.78, 5) is 3.91. The van der Waals surface area contributed by atoms with E-state index < -0.39 is 10.0 Å². The number of hydrogen-bond donors (Lipinski definition) is 2. The average Bonchev–Trinajstić information content (AvgIpc) is 2.46. The van der Waals surface area contributed by atoms with E-state index in [1.54, 1.807) is 24.5 Å². The van der Waals surface area contributed by atoms with Crippen molar-refractivity contribution in [1.29, 1.82) is 0 Å². The van der Waals surface area contributed by atoms with Crippen molar-refractivity contribution in [3.63, 3.8) is 0 Å². The predicted molar refractivity (Wildman–Crippen MR) is 84.1 cm³/mol. The molecule has 1 heterocycles. The zero-order chi connectivity index (χ0) is 15.3. The largest absolute Gasteiger partial charge is 0.399 e. The molecule has 1 aromatic carbocycles. The van der Waals surface area contributed by atoms with Crippen molar-refractivity contribution in [3.8, 4) is 0 Å². The molecule has 5 nitrogen and oxygen atoms in total. The monoisotopic (exact) mass is 305 g/mol. The highest BCUT2D eigenvalue weighted by Crippen LogP contribution is 2.15. The van der Waals surface area contributed by atoms with Crippen LogP contribution >= 0.6 is 0 Å². The Balaban J connectivity index is 1.95. The smallest absolute Gasteiger partial charge is 0.212 e. The van der Waals surface area contributed by atoms with Crippen molar-refractivity contribution in [2.45, 2.75) is 19.4 Å². The van der Waals surface area contributed by atoms with Crippen molar-refractivity contribution >= 4 is 15.7 Å². The minimum Gasteiger partial charge on any atom is -0.399 e. The van der Waals surface area contributed by atoms with Crippen molar-refractivity contribution in [2.75, 3.05) is 11.5 Å². The van der Waals surface area contributed by atoms with Crippen LogP contribution in [0.2, 0.25) is 0 Å². The summed E-state index contributed by atoms with van der Waals surface area (Å²) >= 11 is 0. The number of nitrogen functional groups attached to an aromatic ring is 1. The van der Waals surface area contributed by atoms with Gasteiger partial charge in [0.05, 0.1) is 5.75 Å². The van der Waals surface area contributed by atoms with E-state index in [-0.39, 0.29) is 11.8 Å². The van der Waals surface area contributed by atoms with Crippen LogP contribution in [-0.2, 0) is 16.4 Å². The molecule has 2 aromatic rings. The zero-order valence-corrected chi connectivity index (χ0v) is 12.7. The molecule has 0 aliphatic rings. The van der Waals surface area contributed by atoms with Gasteiger partial charge in [0.15, 0.2) is 0 Å². The third kappa shape index (κ3) is 4.84. The molecule has 3 N–H and O–H groups in total. The number of nitrogens with two attached hydrogens (primary N) is 1. The van der Waals surface area contributed by atoms with Crippen LogP contribution in [0.5, 0.6) is 0 Å². The number of anilines is 1. The Bertz CT molecular complexity index is 670. The SMILES string of the molecule is CC(NS(=O)(=O)CCc1ccncc1)c1ccc(N)cc1. The van der Waals surface area contributed by atoms with E-state index in [9.17, 15) is 8.42 Å². The van der Waals surface area contributed by atoms with E-state index in [1.165, 1.54) is 0 Å². The van der Waals surface area contributed by atoms with Gasteiger partial charge in [-0.25, -0.2) is 13.1 Å². The van der Waals surface area contributed by atoms with Crippen LogP contribution in [0.1, 0.15) is 24.1 Å². The van der Waals surface area contributed by atoms with Gasteiger partial charge in [-0.05, 0) is 48.7 Å². The first kappa shape index (κ1) is 15.5. The molecule has 0 amide bonds. The molecule has 0 aliphatic heterocycles. The molecule has 1 aromatic heterocycles. The summed E-state index contributed by atoms with van der Waals surface area (Å²) in [5.74, 6) is 0.0519. The molecule has 0 fully saturated rings. The number of nitrogens with zero attached hydrogens (tertiary/aromatic N) is 1. The molecule has 0 spiro atoms. The Labute approximate surface area is 125 Å². The molecule has 0 saturated carbocycles. The molecule has 6 heteroatoms. The lowest BCUT2D eigenvalue weighted by Gasteiger charge is -2.15. The van der Waals surface area contributed by atoms with Crippen LogP contribution in [-0.4, -0.2) is 19.2 Å². The van der Waals surface area contributed by atoms with Gasteiger partial charge < -0.3 is 5.73 Å². The van der Waals surface area contributed by atoms with E-state index in [0.29, 0.717) is 12.1 Å². The van der Waals surface area contributed by atoms with Gasteiger partial charge in [0.25, 0.3) is 0 Å². The van der Waals surface area contributed by atoms with E-state index in [0.717, 1.165) is 11.1 Å². The second kappa shape index (κ2) is 6.69. The van der Waals surface area contributed by atoms with E-state index in [2.05, 4.69) is 9.71 Å². The number of rotatable bonds is 6. The number of nitrogens with one attached hydrogen (secondary N) is 1. The van der Waals surface area contributed by atoms with Gasteiger partial charge in [-0.15, -0.1) is 0 Å². The minimum absolute atomic E-state index is 0.0519. The third-order valence-corrected chi connectivity index (χ3v) is 4.66. The first-order valence-electron chi connectivity index (χ1n) is 6.70. The van der Waals surface area contributed by atoms with Crippen molar-refractivity contribution < 1.29 is 8.42 Å². The Hall–Kier alpha value is -1.92. The topological polar surface area (TPSA) is 85.1 Å². The lowest BCUT2D eigenvalue weighted by atomic mass is 10.1. The molecule has 1 atom stereocenters. The Kier molecular flexibility index (Phi) is 4.93. The molecule has 2 rings (SSSR count). The normalized spacial score (nSPS) is 13.0. The first-order chi connectivity index (χ1) is 9.96. The average molecular weight is 305 g/mol. The van der Waals surface area contributed by atoms with Gasteiger partial charge in [0.2, 0.25) is 10.0 Å². The quantitative estimate of drug-likeness (QED) is 0.798. The molecular weight excluding hydrogens is 286 g/mol. The second-order valence-electron chi connectivity index (χ2n) is 4.93.